The summed E-state index contributed by atoms with van der Waals surface area (Å²) in [6, 6.07) is 16.6. The molecule has 5 aromatic rings. The van der Waals surface area contributed by atoms with Crippen LogP contribution in [-0.4, -0.2) is 25.0 Å². The molecular weight excluding hydrogens is 342 g/mol. The Hall–Kier alpha value is -3.12. The first-order chi connectivity index (χ1) is 12.7. The molecule has 6 heteroatoms. The lowest BCUT2D eigenvalue weighted by Crippen LogP contribution is -2.01. The van der Waals surface area contributed by atoms with E-state index in [-0.39, 0.29) is 0 Å². The maximum absolute atomic E-state index is 4.51. The highest BCUT2D eigenvalue weighted by Gasteiger charge is 2.15. The van der Waals surface area contributed by atoms with E-state index in [1.165, 1.54) is 21.6 Å². The van der Waals surface area contributed by atoms with E-state index < -0.39 is 0 Å². The topological polar surface area (TPSA) is 56.5 Å². The highest BCUT2D eigenvalue weighted by molar-refractivity contribution is 7.21. The smallest absolute Gasteiger partial charge is 0.167 e. The number of rotatable bonds is 2. The Balaban J connectivity index is 1.75. The molecule has 5 nitrogen and oxygen atoms in total. The Kier molecular flexibility index (Phi) is 3.33. The van der Waals surface area contributed by atoms with Gasteiger partial charge in [0.25, 0.3) is 0 Å². The van der Waals surface area contributed by atoms with Gasteiger partial charge < -0.3 is 0 Å². The van der Waals surface area contributed by atoms with E-state index in [1.807, 2.05) is 22.9 Å². The summed E-state index contributed by atoms with van der Waals surface area (Å²) in [5.74, 6) is 0.763. The molecule has 126 valence electrons. The zero-order chi connectivity index (χ0) is 17.7. The van der Waals surface area contributed by atoms with Crippen LogP contribution in [0.3, 0.4) is 0 Å². The SMILES string of the molecule is Cc1cc2nnn(-c3ncnc4sc(-c5ccccc5)cc34)c2cc1C. The molecular formula is C20H15N5S. The second-order valence-corrected chi connectivity index (χ2v) is 7.35. The monoisotopic (exact) mass is 357 g/mol. The molecule has 0 aliphatic rings. The van der Waals surface area contributed by atoms with Crippen LogP contribution in [0.5, 0.6) is 0 Å². The second-order valence-electron chi connectivity index (χ2n) is 6.32. The van der Waals surface area contributed by atoms with E-state index in [4.69, 9.17) is 0 Å². The molecule has 0 amide bonds. The number of aromatic nitrogens is 5. The molecule has 0 bridgehead atoms. The Morgan fingerprint density at radius 2 is 1.73 bits per heavy atom. The number of hydrogen-bond acceptors (Lipinski definition) is 5. The first kappa shape index (κ1) is 15.2. The highest BCUT2D eigenvalue weighted by atomic mass is 32.1. The second kappa shape index (κ2) is 5.71. The number of benzene rings is 2. The summed E-state index contributed by atoms with van der Waals surface area (Å²) in [6.07, 6.45) is 1.59. The van der Waals surface area contributed by atoms with E-state index in [9.17, 15) is 0 Å². The van der Waals surface area contributed by atoms with Gasteiger partial charge in [0.05, 0.1) is 10.9 Å². The Morgan fingerprint density at radius 3 is 2.58 bits per heavy atom. The summed E-state index contributed by atoms with van der Waals surface area (Å²) in [5, 5.41) is 9.67. The fourth-order valence-corrected chi connectivity index (χ4v) is 4.09. The molecule has 26 heavy (non-hydrogen) atoms. The molecule has 2 aromatic carbocycles. The number of nitrogens with zero attached hydrogens (tertiary/aromatic N) is 5. The number of thiophene rings is 1. The summed E-state index contributed by atoms with van der Waals surface area (Å²) < 4.78 is 1.81. The third-order valence-electron chi connectivity index (χ3n) is 4.63. The fourth-order valence-electron chi connectivity index (χ4n) is 3.09. The van der Waals surface area contributed by atoms with Crippen molar-refractivity contribution in [3.63, 3.8) is 0 Å². The van der Waals surface area contributed by atoms with Crippen molar-refractivity contribution >= 4 is 32.6 Å². The van der Waals surface area contributed by atoms with Gasteiger partial charge in [0.1, 0.15) is 16.7 Å². The minimum atomic E-state index is 0.763. The standard InChI is InChI=1S/C20H15N5S/c1-12-8-16-17(9-13(12)2)25(24-23-16)19-15-10-18(14-6-4-3-5-7-14)26-20(15)22-11-21-19/h3-11H,1-2H3. The summed E-state index contributed by atoms with van der Waals surface area (Å²) in [6.45, 7) is 4.18. The van der Waals surface area contributed by atoms with Crippen LogP contribution in [0.4, 0.5) is 0 Å². The lowest BCUT2D eigenvalue weighted by molar-refractivity contribution is 0.805. The first-order valence-electron chi connectivity index (χ1n) is 8.34. The zero-order valence-electron chi connectivity index (χ0n) is 14.3. The number of aryl methyl sites for hydroxylation is 2. The average molecular weight is 357 g/mol. The number of fused-ring (bicyclic) bond motifs is 2. The van der Waals surface area contributed by atoms with Crippen molar-refractivity contribution in [3.05, 3.63) is 66.0 Å². The summed E-state index contributed by atoms with van der Waals surface area (Å²) in [4.78, 5) is 11.1. The maximum Gasteiger partial charge on any atom is 0.167 e. The highest BCUT2D eigenvalue weighted by Crippen LogP contribution is 2.34. The molecule has 0 atom stereocenters. The van der Waals surface area contributed by atoms with Crippen molar-refractivity contribution in [2.45, 2.75) is 13.8 Å². The Morgan fingerprint density at radius 1 is 0.923 bits per heavy atom. The molecule has 0 saturated carbocycles. The third-order valence-corrected chi connectivity index (χ3v) is 5.72. The van der Waals surface area contributed by atoms with Gasteiger partial charge >= 0.3 is 0 Å². The van der Waals surface area contributed by atoms with Gasteiger partial charge in [-0.3, -0.25) is 0 Å². The van der Waals surface area contributed by atoms with Crippen molar-refractivity contribution in [3.8, 4) is 16.3 Å². The van der Waals surface area contributed by atoms with Crippen LogP contribution in [0.1, 0.15) is 11.1 Å². The maximum atomic E-state index is 4.51. The largest absolute Gasteiger partial charge is 0.225 e. The molecule has 0 saturated heterocycles. The predicted octanol–water partition coefficient (Wildman–Crippen LogP) is 4.71. The van der Waals surface area contributed by atoms with Crippen molar-refractivity contribution in [2.24, 2.45) is 0 Å². The molecule has 0 radical (unpaired) electrons. The van der Waals surface area contributed by atoms with Gasteiger partial charge in [0, 0.05) is 4.88 Å². The molecule has 0 unspecified atom stereocenters. The van der Waals surface area contributed by atoms with Crippen LogP contribution in [0.2, 0.25) is 0 Å². The summed E-state index contributed by atoms with van der Waals surface area (Å²) >= 11 is 1.66. The van der Waals surface area contributed by atoms with Gasteiger partial charge in [-0.25, -0.2) is 9.97 Å². The van der Waals surface area contributed by atoms with Crippen molar-refractivity contribution in [2.75, 3.05) is 0 Å². The Bertz CT molecular complexity index is 1250. The molecule has 0 fully saturated rings. The van der Waals surface area contributed by atoms with Crippen LogP contribution >= 0.6 is 11.3 Å². The minimum absolute atomic E-state index is 0.763. The minimum Gasteiger partial charge on any atom is -0.225 e. The van der Waals surface area contributed by atoms with Crippen molar-refractivity contribution < 1.29 is 0 Å². The quantitative estimate of drug-likeness (QED) is 0.459. The number of hydrogen-bond donors (Lipinski definition) is 0. The van der Waals surface area contributed by atoms with Gasteiger partial charge in [0.15, 0.2) is 5.82 Å². The zero-order valence-corrected chi connectivity index (χ0v) is 15.2. The summed E-state index contributed by atoms with van der Waals surface area (Å²) in [5.41, 5.74) is 5.43. The summed E-state index contributed by atoms with van der Waals surface area (Å²) in [7, 11) is 0. The predicted molar refractivity (Wildman–Crippen MR) is 105 cm³/mol. The van der Waals surface area contributed by atoms with Crippen LogP contribution in [0, 0.1) is 13.8 Å². The van der Waals surface area contributed by atoms with Gasteiger partial charge in [-0.1, -0.05) is 35.5 Å². The third kappa shape index (κ3) is 2.30. The molecule has 0 aliphatic heterocycles. The molecule has 0 spiro atoms. The first-order valence-corrected chi connectivity index (χ1v) is 9.15. The Labute approximate surface area is 154 Å². The molecule has 0 aliphatic carbocycles. The van der Waals surface area contributed by atoms with Crippen LogP contribution in [0.15, 0.2) is 54.9 Å². The van der Waals surface area contributed by atoms with Crippen LogP contribution < -0.4 is 0 Å². The van der Waals surface area contributed by atoms with Crippen molar-refractivity contribution in [1.29, 1.82) is 0 Å². The van der Waals surface area contributed by atoms with E-state index in [0.717, 1.165) is 27.1 Å². The van der Waals surface area contributed by atoms with Crippen LogP contribution in [-0.2, 0) is 0 Å². The fraction of sp³-hybridized carbons (Fsp3) is 0.100. The average Bonchev–Trinajstić information content (AvgIpc) is 3.27. The van der Waals surface area contributed by atoms with Gasteiger partial charge in [0.2, 0.25) is 0 Å². The lowest BCUT2D eigenvalue weighted by Gasteiger charge is -2.04. The van der Waals surface area contributed by atoms with E-state index in [2.05, 4.69) is 64.5 Å². The van der Waals surface area contributed by atoms with Gasteiger partial charge in [-0.2, -0.15) is 4.68 Å². The molecule has 0 N–H and O–H groups in total. The van der Waals surface area contributed by atoms with Gasteiger partial charge in [-0.15, -0.1) is 16.4 Å². The molecule has 3 aromatic heterocycles. The van der Waals surface area contributed by atoms with E-state index >= 15 is 0 Å². The van der Waals surface area contributed by atoms with Crippen molar-refractivity contribution in [1.82, 2.24) is 25.0 Å². The van der Waals surface area contributed by atoms with E-state index in [1.54, 1.807) is 17.7 Å². The normalized spacial score (nSPS) is 11.5. The lowest BCUT2D eigenvalue weighted by atomic mass is 10.1. The van der Waals surface area contributed by atoms with E-state index in [0.29, 0.717) is 0 Å². The van der Waals surface area contributed by atoms with Crippen LogP contribution in [0.25, 0.3) is 37.5 Å². The molecule has 3 heterocycles. The van der Waals surface area contributed by atoms with Gasteiger partial charge in [-0.05, 0) is 48.7 Å². The molecule has 5 rings (SSSR count).